The topological polar surface area (TPSA) is 78.1 Å². The lowest BCUT2D eigenvalue weighted by molar-refractivity contribution is 0.0437. The zero-order chi connectivity index (χ0) is 22.1. The Labute approximate surface area is 186 Å². The first-order valence-electron chi connectivity index (χ1n) is 10.7. The number of hydrogen-bond acceptors (Lipinski definition) is 6. The van der Waals surface area contributed by atoms with E-state index in [4.69, 9.17) is 14.1 Å². The van der Waals surface area contributed by atoms with Gasteiger partial charge in [-0.05, 0) is 47.6 Å². The number of aryl methyl sites for hydroxylation is 1. The number of nitrogens with zero attached hydrogens (tertiary/aromatic N) is 3. The van der Waals surface area contributed by atoms with Crippen molar-refractivity contribution in [3.8, 4) is 0 Å². The highest BCUT2D eigenvalue weighted by atomic mass is 16.5. The van der Waals surface area contributed by atoms with E-state index in [2.05, 4.69) is 35.3 Å². The number of carbonyl (C=O) groups excluding carboxylic acids is 1. The standard InChI is InChI=1S/C26H23N3O3/c1-16-12-19(14-18-8-4-3-5-9-18)25-21(13-16)24(20-10-6-7-11-22(20)27-25)26(30)31-15-23-29-28-17(2)32-23/h3-11,14,16H,12-13,15H2,1-2H3/b19-14+/t16-/m1/s1. The van der Waals surface area contributed by atoms with Gasteiger partial charge >= 0.3 is 5.97 Å². The Kier molecular flexibility index (Phi) is 5.27. The number of aromatic nitrogens is 3. The van der Waals surface area contributed by atoms with E-state index in [9.17, 15) is 4.79 Å². The zero-order valence-corrected chi connectivity index (χ0v) is 18.0. The third-order valence-corrected chi connectivity index (χ3v) is 5.66. The minimum absolute atomic E-state index is 0.0621. The molecule has 0 bridgehead atoms. The highest BCUT2D eigenvalue weighted by molar-refractivity contribution is 6.06. The van der Waals surface area contributed by atoms with Crippen LogP contribution in [-0.2, 0) is 17.8 Å². The molecule has 0 N–H and O–H groups in total. The van der Waals surface area contributed by atoms with E-state index in [0.717, 1.165) is 46.1 Å². The molecule has 0 saturated heterocycles. The maximum atomic E-state index is 13.3. The van der Waals surface area contributed by atoms with Crippen molar-refractivity contribution < 1.29 is 13.9 Å². The molecule has 0 radical (unpaired) electrons. The average molecular weight is 425 g/mol. The normalized spacial score (nSPS) is 16.8. The van der Waals surface area contributed by atoms with Crippen LogP contribution in [0, 0.1) is 12.8 Å². The van der Waals surface area contributed by atoms with E-state index in [-0.39, 0.29) is 12.5 Å². The second-order valence-corrected chi connectivity index (χ2v) is 8.22. The highest BCUT2D eigenvalue weighted by Crippen LogP contribution is 2.38. The minimum atomic E-state index is -0.399. The van der Waals surface area contributed by atoms with Crippen LogP contribution in [0.5, 0.6) is 0 Å². The SMILES string of the molecule is Cc1nnc(COC(=O)c2c3c(nc4ccccc24)/C(=C/c2ccccc2)C[C@@H](C)C3)o1. The Balaban J connectivity index is 1.62. The van der Waals surface area contributed by atoms with Gasteiger partial charge in [-0.25, -0.2) is 9.78 Å². The minimum Gasteiger partial charge on any atom is -0.452 e. The number of allylic oxidation sites excluding steroid dienone is 1. The van der Waals surface area contributed by atoms with Crippen LogP contribution >= 0.6 is 0 Å². The Hall–Kier alpha value is -3.80. The fraction of sp³-hybridized carbons (Fsp3) is 0.231. The summed E-state index contributed by atoms with van der Waals surface area (Å²) < 4.78 is 11.0. The van der Waals surface area contributed by atoms with Gasteiger partial charge in [-0.3, -0.25) is 0 Å². The molecule has 0 unspecified atom stereocenters. The summed E-state index contributed by atoms with van der Waals surface area (Å²) in [5.41, 5.74) is 5.43. The van der Waals surface area contributed by atoms with Crippen molar-refractivity contribution in [2.45, 2.75) is 33.3 Å². The van der Waals surface area contributed by atoms with E-state index in [1.807, 2.05) is 42.5 Å². The molecule has 160 valence electrons. The predicted molar refractivity (Wildman–Crippen MR) is 122 cm³/mol. The lowest BCUT2D eigenvalue weighted by Crippen LogP contribution is -2.19. The molecule has 0 spiro atoms. The van der Waals surface area contributed by atoms with Crippen LogP contribution in [0.1, 0.15) is 52.3 Å². The molecule has 6 heteroatoms. The molecule has 2 aromatic carbocycles. The highest BCUT2D eigenvalue weighted by Gasteiger charge is 2.29. The van der Waals surface area contributed by atoms with Gasteiger partial charge in [-0.2, -0.15) is 0 Å². The van der Waals surface area contributed by atoms with Gasteiger partial charge in [0, 0.05) is 12.3 Å². The second kappa shape index (κ2) is 8.38. The lowest BCUT2D eigenvalue weighted by atomic mass is 9.80. The third kappa shape index (κ3) is 3.91. The summed E-state index contributed by atoms with van der Waals surface area (Å²) in [6, 6.07) is 17.9. The summed E-state index contributed by atoms with van der Waals surface area (Å²) in [6.07, 6.45) is 3.85. The predicted octanol–water partition coefficient (Wildman–Crippen LogP) is 5.41. The van der Waals surface area contributed by atoms with E-state index >= 15 is 0 Å². The van der Waals surface area contributed by atoms with Crippen LogP contribution in [0.4, 0.5) is 0 Å². The fourth-order valence-electron chi connectivity index (χ4n) is 4.31. The monoisotopic (exact) mass is 425 g/mol. The Morgan fingerprint density at radius 1 is 1.09 bits per heavy atom. The number of carbonyl (C=O) groups is 1. The Morgan fingerprint density at radius 2 is 1.88 bits per heavy atom. The number of rotatable bonds is 4. The largest absolute Gasteiger partial charge is 0.452 e. The number of benzene rings is 2. The zero-order valence-electron chi connectivity index (χ0n) is 18.0. The van der Waals surface area contributed by atoms with E-state index in [1.54, 1.807) is 6.92 Å². The van der Waals surface area contributed by atoms with Crippen molar-refractivity contribution in [2.75, 3.05) is 0 Å². The van der Waals surface area contributed by atoms with E-state index in [0.29, 0.717) is 17.4 Å². The maximum Gasteiger partial charge on any atom is 0.339 e. The van der Waals surface area contributed by atoms with Crippen LogP contribution in [-0.4, -0.2) is 21.2 Å². The van der Waals surface area contributed by atoms with Crippen LogP contribution < -0.4 is 0 Å². The molecule has 0 aliphatic heterocycles. The van der Waals surface area contributed by atoms with Gasteiger partial charge in [-0.1, -0.05) is 55.5 Å². The van der Waals surface area contributed by atoms with Crippen molar-refractivity contribution in [3.05, 3.63) is 88.8 Å². The van der Waals surface area contributed by atoms with Gasteiger partial charge in [0.15, 0.2) is 6.61 Å². The summed E-state index contributed by atoms with van der Waals surface area (Å²) in [4.78, 5) is 18.3. The molecular formula is C26H23N3O3. The average Bonchev–Trinajstić information content (AvgIpc) is 3.22. The maximum absolute atomic E-state index is 13.3. The van der Waals surface area contributed by atoms with Gasteiger partial charge in [0.1, 0.15) is 0 Å². The molecule has 0 fully saturated rings. The van der Waals surface area contributed by atoms with E-state index in [1.165, 1.54) is 0 Å². The van der Waals surface area contributed by atoms with Crippen molar-refractivity contribution in [3.63, 3.8) is 0 Å². The lowest BCUT2D eigenvalue weighted by Gasteiger charge is -2.26. The molecule has 0 saturated carbocycles. The van der Waals surface area contributed by atoms with Crippen molar-refractivity contribution >= 4 is 28.5 Å². The number of para-hydroxylation sites is 1. The molecule has 32 heavy (non-hydrogen) atoms. The first-order valence-corrected chi connectivity index (χ1v) is 10.7. The smallest absolute Gasteiger partial charge is 0.339 e. The molecule has 5 rings (SSSR count). The van der Waals surface area contributed by atoms with Gasteiger partial charge in [0.05, 0.1) is 16.8 Å². The van der Waals surface area contributed by atoms with Gasteiger partial charge in [0.2, 0.25) is 5.89 Å². The number of fused-ring (bicyclic) bond motifs is 2. The third-order valence-electron chi connectivity index (χ3n) is 5.66. The number of esters is 1. The number of pyridine rings is 1. The Morgan fingerprint density at radius 3 is 2.66 bits per heavy atom. The van der Waals surface area contributed by atoms with Crippen LogP contribution in [0.2, 0.25) is 0 Å². The molecule has 1 aliphatic rings. The molecule has 6 nitrogen and oxygen atoms in total. The molecular weight excluding hydrogens is 402 g/mol. The molecule has 4 aromatic rings. The number of hydrogen-bond donors (Lipinski definition) is 0. The van der Waals surface area contributed by atoms with Gasteiger partial charge in [0.25, 0.3) is 5.89 Å². The summed E-state index contributed by atoms with van der Waals surface area (Å²) in [5.74, 6) is 0.697. The molecule has 0 amide bonds. The quantitative estimate of drug-likeness (QED) is 0.407. The van der Waals surface area contributed by atoms with Crippen LogP contribution in [0.25, 0.3) is 22.6 Å². The van der Waals surface area contributed by atoms with Crippen LogP contribution in [0.15, 0.2) is 59.0 Å². The van der Waals surface area contributed by atoms with Gasteiger partial charge < -0.3 is 9.15 Å². The summed E-state index contributed by atoms with van der Waals surface area (Å²) in [5, 5.41) is 8.51. The first-order chi connectivity index (χ1) is 15.6. The van der Waals surface area contributed by atoms with Gasteiger partial charge in [-0.15, -0.1) is 10.2 Å². The van der Waals surface area contributed by atoms with E-state index < -0.39 is 5.97 Å². The number of ether oxygens (including phenoxy) is 1. The molecule has 2 aromatic heterocycles. The fourth-order valence-corrected chi connectivity index (χ4v) is 4.31. The van der Waals surface area contributed by atoms with Crippen molar-refractivity contribution in [1.29, 1.82) is 0 Å². The molecule has 1 atom stereocenters. The Bertz CT molecular complexity index is 1320. The molecule has 2 heterocycles. The summed E-state index contributed by atoms with van der Waals surface area (Å²) in [7, 11) is 0. The van der Waals surface area contributed by atoms with Crippen LogP contribution in [0.3, 0.4) is 0 Å². The summed E-state index contributed by atoms with van der Waals surface area (Å²) in [6.45, 7) is 3.84. The summed E-state index contributed by atoms with van der Waals surface area (Å²) >= 11 is 0. The molecule has 1 aliphatic carbocycles. The van der Waals surface area contributed by atoms with Crippen molar-refractivity contribution in [1.82, 2.24) is 15.2 Å². The second-order valence-electron chi connectivity index (χ2n) is 8.22. The van der Waals surface area contributed by atoms with Crippen molar-refractivity contribution in [2.24, 2.45) is 5.92 Å². The first kappa shape index (κ1) is 20.1.